The number of amides is 1. The van der Waals surface area contributed by atoms with Crippen LogP contribution in [-0.4, -0.2) is 38.1 Å². The molecule has 3 aromatic rings. The summed E-state index contributed by atoms with van der Waals surface area (Å²) in [6, 6.07) is 10.3. The van der Waals surface area contributed by atoms with Gasteiger partial charge in [0, 0.05) is 11.6 Å². The summed E-state index contributed by atoms with van der Waals surface area (Å²) in [4.78, 5) is 46.3. The van der Waals surface area contributed by atoms with E-state index in [1.165, 1.54) is 17.8 Å². The van der Waals surface area contributed by atoms with E-state index in [-0.39, 0.29) is 29.1 Å². The number of para-hydroxylation sites is 1. The van der Waals surface area contributed by atoms with Crippen LogP contribution in [0.3, 0.4) is 0 Å². The van der Waals surface area contributed by atoms with E-state index in [0.29, 0.717) is 5.69 Å². The summed E-state index contributed by atoms with van der Waals surface area (Å²) in [6.07, 6.45) is 1.21. The number of carbonyl (C=O) groups excluding carboxylic acids is 2. The van der Waals surface area contributed by atoms with Crippen molar-refractivity contribution in [2.45, 2.75) is 13.8 Å². The molecule has 0 saturated carbocycles. The monoisotopic (exact) mass is 439 g/mol. The zero-order chi connectivity index (χ0) is 23.4. The molecule has 0 aliphatic rings. The minimum atomic E-state index is -0.891. The Balaban J connectivity index is 2.11. The number of carbonyl (C=O) groups is 2. The second-order valence-electron chi connectivity index (χ2n) is 6.48. The number of ether oxygens (including phenoxy) is 1. The highest BCUT2D eigenvalue weighted by Gasteiger charge is 2.27. The topological polar surface area (TPSA) is 160 Å². The van der Waals surface area contributed by atoms with Gasteiger partial charge in [-0.1, -0.05) is 18.2 Å². The zero-order valence-electron chi connectivity index (χ0n) is 17.0. The van der Waals surface area contributed by atoms with Crippen molar-refractivity contribution in [1.29, 1.82) is 0 Å². The quantitative estimate of drug-likeness (QED) is 0.333. The summed E-state index contributed by atoms with van der Waals surface area (Å²) in [5.41, 5.74) is -1.09. The molecule has 0 fully saturated rings. The fourth-order valence-electron chi connectivity index (χ4n) is 2.98. The van der Waals surface area contributed by atoms with Crippen molar-refractivity contribution in [2.75, 3.05) is 11.9 Å². The first kappa shape index (κ1) is 22.1. The van der Waals surface area contributed by atoms with Crippen molar-refractivity contribution in [3.63, 3.8) is 0 Å². The summed E-state index contributed by atoms with van der Waals surface area (Å²) < 4.78 is 6.29. The number of hydrogen-bond donors (Lipinski definition) is 1. The van der Waals surface area contributed by atoms with Gasteiger partial charge in [0.25, 0.3) is 17.3 Å². The van der Waals surface area contributed by atoms with E-state index >= 15 is 0 Å². The predicted molar refractivity (Wildman–Crippen MR) is 112 cm³/mol. The molecule has 1 amide bonds. The Morgan fingerprint density at radius 2 is 1.78 bits per heavy atom. The van der Waals surface area contributed by atoms with Crippen molar-refractivity contribution < 1.29 is 24.2 Å². The molecule has 32 heavy (non-hydrogen) atoms. The van der Waals surface area contributed by atoms with E-state index in [0.717, 1.165) is 12.1 Å². The number of nitro groups is 2. The lowest BCUT2D eigenvalue weighted by Crippen LogP contribution is -2.19. The van der Waals surface area contributed by atoms with Crippen molar-refractivity contribution in [3.8, 4) is 5.69 Å². The normalized spacial score (nSPS) is 10.4. The van der Waals surface area contributed by atoms with Crippen LogP contribution in [0.25, 0.3) is 5.69 Å². The van der Waals surface area contributed by atoms with Gasteiger partial charge in [-0.3, -0.25) is 25.0 Å². The van der Waals surface area contributed by atoms with E-state index < -0.39 is 33.1 Å². The molecule has 0 unspecified atom stereocenters. The lowest BCUT2D eigenvalue weighted by Gasteiger charge is -2.12. The van der Waals surface area contributed by atoms with Crippen LogP contribution >= 0.6 is 0 Å². The number of nitrogens with zero attached hydrogens (tertiary/aromatic N) is 4. The molecule has 0 spiro atoms. The molecule has 0 aliphatic carbocycles. The molecule has 0 atom stereocenters. The third-order valence-corrected chi connectivity index (χ3v) is 4.51. The summed E-state index contributed by atoms with van der Waals surface area (Å²) in [6.45, 7) is 3.00. The molecule has 12 nitrogen and oxygen atoms in total. The lowest BCUT2D eigenvalue weighted by atomic mass is 10.0. The molecule has 0 bridgehead atoms. The summed E-state index contributed by atoms with van der Waals surface area (Å²) in [5.74, 6) is -1.68. The van der Waals surface area contributed by atoms with Crippen LogP contribution in [0, 0.1) is 27.2 Å². The molecular formula is C20H17N5O7. The number of benzene rings is 2. The van der Waals surface area contributed by atoms with Gasteiger partial charge >= 0.3 is 5.97 Å². The summed E-state index contributed by atoms with van der Waals surface area (Å²) in [5, 5.41) is 29.2. The Labute approximate surface area is 180 Å². The van der Waals surface area contributed by atoms with Crippen LogP contribution in [0.4, 0.5) is 17.2 Å². The second-order valence-corrected chi connectivity index (χ2v) is 6.48. The van der Waals surface area contributed by atoms with Crippen LogP contribution in [-0.2, 0) is 4.74 Å². The highest BCUT2D eigenvalue weighted by atomic mass is 16.6. The summed E-state index contributed by atoms with van der Waals surface area (Å²) >= 11 is 0. The Morgan fingerprint density at radius 1 is 1.09 bits per heavy atom. The van der Waals surface area contributed by atoms with E-state index in [1.807, 2.05) is 0 Å². The number of nitrogens with one attached hydrogen (secondary N) is 1. The number of esters is 1. The number of aromatic nitrogens is 2. The van der Waals surface area contributed by atoms with E-state index in [1.54, 1.807) is 37.3 Å². The molecule has 0 radical (unpaired) electrons. The fourth-order valence-corrected chi connectivity index (χ4v) is 2.98. The number of anilines is 1. The molecule has 1 heterocycles. The highest BCUT2D eigenvalue weighted by Crippen LogP contribution is 2.29. The van der Waals surface area contributed by atoms with Crippen molar-refractivity contribution in [2.24, 2.45) is 0 Å². The number of hydrogen-bond acceptors (Lipinski definition) is 8. The zero-order valence-corrected chi connectivity index (χ0v) is 17.0. The van der Waals surface area contributed by atoms with Crippen LogP contribution in [0.5, 0.6) is 0 Å². The highest BCUT2D eigenvalue weighted by molar-refractivity contribution is 6.09. The van der Waals surface area contributed by atoms with Gasteiger partial charge in [0.15, 0.2) is 5.82 Å². The lowest BCUT2D eigenvalue weighted by molar-refractivity contribution is -0.394. The third-order valence-electron chi connectivity index (χ3n) is 4.51. The first-order valence-electron chi connectivity index (χ1n) is 9.30. The molecule has 1 aromatic heterocycles. The van der Waals surface area contributed by atoms with E-state index in [4.69, 9.17) is 4.74 Å². The van der Waals surface area contributed by atoms with Gasteiger partial charge in [-0.15, -0.1) is 0 Å². The maximum absolute atomic E-state index is 13.0. The smallest absolute Gasteiger partial charge is 0.343 e. The Hall–Kier alpha value is -4.61. The van der Waals surface area contributed by atoms with Crippen LogP contribution < -0.4 is 5.32 Å². The average molecular weight is 439 g/mol. The largest absolute Gasteiger partial charge is 0.462 e. The van der Waals surface area contributed by atoms with Gasteiger partial charge in [0.05, 0.1) is 40.0 Å². The molecule has 0 aliphatic heterocycles. The molecule has 2 aromatic carbocycles. The first-order chi connectivity index (χ1) is 15.2. The number of rotatable bonds is 7. The number of non-ortho nitro benzene ring substituents is 1. The van der Waals surface area contributed by atoms with Crippen LogP contribution in [0.15, 0.2) is 48.7 Å². The number of nitro benzene ring substituents is 2. The van der Waals surface area contributed by atoms with Gasteiger partial charge < -0.3 is 10.1 Å². The molecule has 0 saturated heterocycles. The Morgan fingerprint density at radius 3 is 2.38 bits per heavy atom. The third kappa shape index (κ3) is 4.28. The average Bonchev–Trinajstić information content (AvgIpc) is 3.17. The summed E-state index contributed by atoms with van der Waals surface area (Å²) in [7, 11) is 0. The first-order valence-corrected chi connectivity index (χ1v) is 9.30. The van der Waals surface area contributed by atoms with Crippen molar-refractivity contribution in [1.82, 2.24) is 9.78 Å². The Bertz CT molecular complexity index is 1220. The van der Waals surface area contributed by atoms with E-state index in [2.05, 4.69) is 10.4 Å². The molecule has 164 valence electrons. The minimum absolute atomic E-state index is 0.0480. The SMILES string of the molecule is CCOC(=O)c1cnn(-c2ccccc2)c1NC(=O)c1cc([N+](=O)[O-])cc([N+](=O)[O-])c1C. The van der Waals surface area contributed by atoms with E-state index in [9.17, 15) is 29.8 Å². The molecule has 1 N–H and O–H groups in total. The van der Waals surface area contributed by atoms with Gasteiger partial charge in [0.2, 0.25) is 0 Å². The Kier molecular flexibility index (Phi) is 6.24. The van der Waals surface area contributed by atoms with Gasteiger partial charge in [-0.2, -0.15) is 5.10 Å². The van der Waals surface area contributed by atoms with Crippen molar-refractivity contribution >= 4 is 29.1 Å². The van der Waals surface area contributed by atoms with Gasteiger partial charge in [0.1, 0.15) is 5.56 Å². The van der Waals surface area contributed by atoms with Gasteiger partial charge in [-0.05, 0) is 26.0 Å². The standard InChI is InChI=1S/C20H17N5O7/c1-3-32-20(27)16-11-21-23(13-7-5-4-6-8-13)18(16)22-19(26)15-9-14(24(28)29)10-17(12(15)2)25(30)31/h4-11H,3H2,1-2H3,(H,22,26). The molecular weight excluding hydrogens is 422 g/mol. The fraction of sp³-hybridized carbons (Fsp3) is 0.150. The molecule has 12 heteroatoms. The minimum Gasteiger partial charge on any atom is -0.462 e. The molecule has 3 rings (SSSR count). The van der Waals surface area contributed by atoms with Gasteiger partial charge in [-0.25, -0.2) is 9.48 Å². The van der Waals surface area contributed by atoms with Crippen LogP contribution in [0.2, 0.25) is 0 Å². The predicted octanol–water partition coefficient (Wildman–Crippen LogP) is 3.43. The van der Waals surface area contributed by atoms with Crippen LogP contribution in [0.1, 0.15) is 33.2 Å². The maximum Gasteiger partial charge on any atom is 0.343 e. The maximum atomic E-state index is 13.0. The second kappa shape index (κ2) is 9.04. The van der Waals surface area contributed by atoms with Crippen molar-refractivity contribution in [3.05, 3.63) is 85.6 Å².